The summed E-state index contributed by atoms with van der Waals surface area (Å²) < 4.78 is 5.16. The van der Waals surface area contributed by atoms with Crippen LogP contribution in [0.1, 0.15) is 38.2 Å². The maximum absolute atomic E-state index is 11.9. The molecule has 1 aliphatic carbocycles. The Morgan fingerprint density at radius 1 is 1.30 bits per heavy atom. The lowest BCUT2D eigenvalue weighted by molar-refractivity contribution is 0.228. The van der Waals surface area contributed by atoms with Crippen molar-refractivity contribution in [1.82, 2.24) is 10.6 Å². The van der Waals surface area contributed by atoms with E-state index in [0.29, 0.717) is 12.6 Å². The second kappa shape index (κ2) is 7.17. The Labute approximate surface area is 120 Å². The van der Waals surface area contributed by atoms with Crippen LogP contribution in [0.2, 0.25) is 0 Å². The van der Waals surface area contributed by atoms with Crippen LogP contribution in [-0.4, -0.2) is 19.2 Å². The van der Waals surface area contributed by atoms with E-state index in [4.69, 9.17) is 4.74 Å². The van der Waals surface area contributed by atoms with Gasteiger partial charge in [-0.25, -0.2) is 4.79 Å². The molecule has 1 saturated carbocycles. The molecule has 0 heterocycles. The fourth-order valence-corrected chi connectivity index (χ4v) is 2.61. The first-order chi connectivity index (χ1) is 9.67. The first-order valence-corrected chi connectivity index (χ1v) is 7.34. The fourth-order valence-electron chi connectivity index (χ4n) is 2.61. The molecule has 1 aromatic rings. The normalized spacial score (nSPS) is 22.1. The summed E-state index contributed by atoms with van der Waals surface area (Å²) in [4.78, 5) is 11.9. The van der Waals surface area contributed by atoms with Crippen molar-refractivity contribution in [2.45, 2.75) is 45.2 Å². The summed E-state index contributed by atoms with van der Waals surface area (Å²) in [5.74, 6) is 1.61. The molecule has 1 aromatic carbocycles. The molecule has 0 aliphatic heterocycles. The molecule has 1 fully saturated rings. The molecule has 1 aliphatic rings. The number of carbonyl (C=O) groups excluding carboxylic acids is 1. The first-order valence-electron chi connectivity index (χ1n) is 7.34. The van der Waals surface area contributed by atoms with E-state index in [1.807, 2.05) is 24.3 Å². The number of methoxy groups -OCH3 is 1. The average molecular weight is 276 g/mol. The Balaban J connectivity index is 1.74. The number of hydrogen-bond acceptors (Lipinski definition) is 2. The predicted octanol–water partition coefficient (Wildman–Crippen LogP) is 3.07. The van der Waals surface area contributed by atoms with Crippen LogP contribution in [0, 0.1) is 5.92 Å². The summed E-state index contributed by atoms with van der Waals surface area (Å²) in [6.07, 6.45) is 4.60. The zero-order valence-electron chi connectivity index (χ0n) is 12.3. The molecule has 0 saturated heterocycles. The SMILES string of the molecule is COc1cccc(CNC(=O)NC2CCC(C)CC2)c1. The van der Waals surface area contributed by atoms with Gasteiger partial charge in [-0.05, 0) is 49.3 Å². The highest BCUT2D eigenvalue weighted by Gasteiger charge is 2.19. The van der Waals surface area contributed by atoms with Gasteiger partial charge in [0, 0.05) is 12.6 Å². The predicted molar refractivity (Wildman–Crippen MR) is 79.8 cm³/mol. The highest BCUT2D eigenvalue weighted by atomic mass is 16.5. The van der Waals surface area contributed by atoms with Crippen LogP contribution in [0.15, 0.2) is 24.3 Å². The molecule has 0 radical (unpaired) electrons. The van der Waals surface area contributed by atoms with Gasteiger partial charge in [0.1, 0.15) is 5.75 Å². The van der Waals surface area contributed by atoms with E-state index in [9.17, 15) is 4.79 Å². The van der Waals surface area contributed by atoms with E-state index in [2.05, 4.69) is 17.6 Å². The van der Waals surface area contributed by atoms with Crippen LogP contribution >= 0.6 is 0 Å². The number of hydrogen-bond donors (Lipinski definition) is 2. The molecule has 2 rings (SSSR count). The van der Waals surface area contributed by atoms with Gasteiger partial charge in [0.2, 0.25) is 0 Å². The van der Waals surface area contributed by atoms with Gasteiger partial charge in [-0.15, -0.1) is 0 Å². The summed E-state index contributed by atoms with van der Waals surface area (Å²) >= 11 is 0. The van der Waals surface area contributed by atoms with Crippen molar-refractivity contribution in [2.24, 2.45) is 5.92 Å². The number of rotatable bonds is 4. The highest BCUT2D eigenvalue weighted by molar-refractivity contribution is 5.74. The fraction of sp³-hybridized carbons (Fsp3) is 0.562. The number of benzene rings is 1. The smallest absolute Gasteiger partial charge is 0.315 e. The van der Waals surface area contributed by atoms with E-state index in [1.54, 1.807) is 7.11 Å². The van der Waals surface area contributed by atoms with Crippen molar-refractivity contribution in [3.05, 3.63) is 29.8 Å². The molecule has 0 spiro atoms. The van der Waals surface area contributed by atoms with Crippen LogP contribution in [0.3, 0.4) is 0 Å². The van der Waals surface area contributed by atoms with Crippen molar-refractivity contribution in [2.75, 3.05) is 7.11 Å². The largest absolute Gasteiger partial charge is 0.497 e. The lowest BCUT2D eigenvalue weighted by Gasteiger charge is -2.26. The minimum atomic E-state index is -0.0765. The molecule has 2 amide bonds. The Morgan fingerprint density at radius 3 is 2.75 bits per heavy atom. The quantitative estimate of drug-likeness (QED) is 0.888. The Bertz CT molecular complexity index is 440. The summed E-state index contributed by atoms with van der Waals surface area (Å²) in [6, 6.07) is 7.99. The molecule has 20 heavy (non-hydrogen) atoms. The van der Waals surface area contributed by atoms with Gasteiger partial charge in [0.25, 0.3) is 0 Å². The summed E-state index contributed by atoms with van der Waals surface area (Å²) in [6.45, 7) is 2.80. The van der Waals surface area contributed by atoms with E-state index in [1.165, 1.54) is 12.8 Å². The second-order valence-corrected chi connectivity index (χ2v) is 5.64. The third kappa shape index (κ3) is 4.44. The molecule has 4 heteroatoms. The number of amides is 2. The Morgan fingerprint density at radius 2 is 2.05 bits per heavy atom. The van der Waals surface area contributed by atoms with E-state index in [-0.39, 0.29) is 6.03 Å². The van der Waals surface area contributed by atoms with Gasteiger partial charge >= 0.3 is 6.03 Å². The van der Waals surface area contributed by atoms with Crippen molar-refractivity contribution >= 4 is 6.03 Å². The lowest BCUT2D eigenvalue weighted by atomic mass is 9.87. The van der Waals surface area contributed by atoms with Gasteiger partial charge in [-0.3, -0.25) is 0 Å². The Kier molecular flexibility index (Phi) is 5.27. The van der Waals surface area contributed by atoms with Gasteiger partial charge in [-0.2, -0.15) is 0 Å². The Hall–Kier alpha value is -1.71. The van der Waals surface area contributed by atoms with Crippen molar-refractivity contribution in [3.8, 4) is 5.75 Å². The molecular weight excluding hydrogens is 252 g/mol. The van der Waals surface area contributed by atoms with Gasteiger partial charge in [-0.1, -0.05) is 19.1 Å². The number of urea groups is 1. The minimum Gasteiger partial charge on any atom is -0.497 e. The van der Waals surface area contributed by atoms with E-state index in [0.717, 1.165) is 30.1 Å². The summed E-state index contributed by atoms with van der Waals surface area (Å²) in [5, 5.41) is 5.96. The van der Waals surface area contributed by atoms with Crippen molar-refractivity contribution in [1.29, 1.82) is 0 Å². The topological polar surface area (TPSA) is 50.4 Å². The van der Waals surface area contributed by atoms with Crippen LogP contribution in [0.5, 0.6) is 5.75 Å². The first kappa shape index (κ1) is 14.7. The molecular formula is C16H24N2O2. The van der Waals surface area contributed by atoms with Crippen LogP contribution in [0.4, 0.5) is 4.79 Å². The zero-order chi connectivity index (χ0) is 14.4. The van der Waals surface area contributed by atoms with Crippen LogP contribution in [-0.2, 0) is 6.54 Å². The maximum Gasteiger partial charge on any atom is 0.315 e. The summed E-state index contributed by atoms with van der Waals surface area (Å²) in [5.41, 5.74) is 1.04. The average Bonchev–Trinajstić information content (AvgIpc) is 2.48. The molecule has 2 N–H and O–H groups in total. The molecule has 0 aromatic heterocycles. The molecule has 0 bridgehead atoms. The number of ether oxygens (including phenoxy) is 1. The molecule has 4 nitrogen and oxygen atoms in total. The third-order valence-corrected chi connectivity index (χ3v) is 3.94. The molecule has 0 unspecified atom stereocenters. The maximum atomic E-state index is 11.9. The number of nitrogens with one attached hydrogen (secondary N) is 2. The molecule has 110 valence electrons. The zero-order valence-corrected chi connectivity index (χ0v) is 12.3. The minimum absolute atomic E-state index is 0.0765. The van der Waals surface area contributed by atoms with Crippen LogP contribution < -0.4 is 15.4 Å². The van der Waals surface area contributed by atoms with Crippen molar-refractivity contribution in [3.63, 3.8) is 0 Å². The van der Waals surface area contributed by atoms with Crippen molar-refractivity contribution < 1.29 is 9.53 Å². The lowest BCUT2D eigenvalue weighted by Crippen LogP contribution is -2.43. The van der Waals surface area contributed by atoms with E-state index < -0.39 is 0 Å². The van der Waals surface area contributed by atoms with Crippen LogP contribution in [0.25, 0.3) is 0 Å². The third-order valence-electron chi connectivity index (χ3n) is 3.94. The standard InChI is InChI=1S/C16H24N2O2/c1-12-6-8-14(9-7-12)18-16(19)17-11-13-4-3-5-15(10-13)20-2/h3-5,10,12,14H,6-9,11H2,1-2H3,(H2,17,18,19). The van der Waals surface area contributed by atoms with E-state index >= 15 is 0 Å². The monoisotopic (exact) mass is 276 g/mol. The molecule has 0 atom stereocenters. The highest BCUT2D eigenvalue weighted by Crippen LogP contribution is 2.23. The number of carbonyl (C=O) groups is 1. The van der Waals surface area contributed by atoms with Gasteiger partial charge in [0.05, 0.1) is 7.11 Å². The van der Waals surface area contributed by atoms with Gasteiger partial charge in [0.15, 0.2) is 0 Å². The van der Waals surface area contributed by atoms with Gasteiger partial charge < -0.3 is 15.4 Å². The summed E-state index contributed by atoms with van der Waals surface area (Å²) in [7, 11) is 1.64. The second-order valence-electron chi connectivity index (χ2n) is 5.64.